The lowest BCUT2D eigenvalue weighted by molar-refractivity contribution is -0.142. The number of rotatable bonds is 9. The lowest BCUT2D eigenvalue weighted by Crippen LogP contribution is -2.49. The molecule has 0 radical (unpaired) electrons. The van der Waals surface area contributed by atoms with Gasteiger partial charge in [-0.1, -0.05) is 52.7 Å². The minimum atomic E-state index is -0.592. The summed E-state index contributed by atoms with van der Waals surface area (Å²) in [5.74, 6) is 0.231. The zero-order valence-corrected chi connectivity index (χ0v) is 19.1. The fraction of sp³-hybridized carbons (Fsp3) is 0.391. The molecule has 2 rings (SSSR count). The third-order valence-corrected chi connectivity index (χ3v) is 5.57. The van der Waals surface area contributed by atoms with Crippen molar-refractivity contribution in [3.05, 3.63) is 63.6 Å². The van der Waals surface area contributed by atoms with Crippen molar-refractivity contribution in [2.24, 2.45) is 0 Å². The maximum atomic E-state index is 13.0. The highest BCUT2D eigenvalue weighted by Crippen LogP contribution is 2.22. The number of benzene rings is 2. The van der Waals surface area contributed by atoms with Crippen molar-refractivity contribution in [1.29, 1.82) is 0 Å². The van der Waals surface area contributed by atoms with Gasteiger partial charge in [0, 0.05) is 17.6 Å². The van der Waals surface area contributed by atoms with Crippen molar-refractivity contribution in [3.8, 4) is 5.75 Å². The van der Waals surface area contributed by atoms with Gasteiger partial charge >= 0.3 is 0 Å². The Hall–Kier alpha value is -2.34. The van der Waals surface area contributed by atoms with Crippen LogP contribution in [0.1, 0.15) is 37.0 Å². The molecule has 0 aliphatic carbocycles. The maximum absolute atomic E-state index is 13.0. The van der Waals surface area contributed by atoms with Gasteiger partial charge in [-0.3, -0.25) is 9.59 Å². The number of halogens is 1. The van der Waals surface area contributed by atoms with Gasteiger partial charge in [-0.15, -0.1) is 0 Å². The van der Waals surface area contributed by atoms with Crippen molar-refractivity contribution in [3.63, 3.8) is 0 Å². The molecule has 1 atom stereocenters. The van der Waals surface area contributed by atoms with Crippen molar-refractivity contribution in [2.45, 2.75) is 46.7 Å². The van der Waals surface area contributed by atoms with Gasteiger partial charge in [-0.2, -0.15) is 0 Å². The van der Waals surface area contributed by atoms with Crippen LogP contribution in [0.25, 0.3) is 0 Å². The maximum Gasteiger partial charge on any atom is 0.261 e. The number of carbonyl (C=O) groups is 2. The highest BCUT2D eigenvalue weighted by molar-refractivity contribution is 9.10. The molecule has 6 heteroatoms. The lowest BCUT2D eigenvalue weighted by atomic mass is 10.1. The van der Waals surface area contributed by atoms with Crippen LogP contribution in [0.3, 0.4) is 0 Å². The quantitative estimate of drug-likeness (QED) is 0.603. The summed E-state index contributed by atoms with van der Waals surface area (Å²) in [6.07, 6.45) is 0.844. The summed E-state index contributed by atoms with van der Waals surface area (Å²) >= 11 is 3.46. The third-order valence-electron chi connectivity index (χ3n) is 4.68. The molecular formula is C23H29BrN2O3. The van der Waals surface area contributed by atoms with Crippen LogP contribution >= 0.6 is 15.9 Å². The van der Waals surface area contributed by atoms with Crippen molar-refractivity contribution >= 4 is 27.7 Å². The van der Waals surface area contributed by atoms with E-state index in [1.165, 1.54) is 0 Å². The first kappa shape index (κ1) is 22.9. The molecule has 0 aromatic heterocycles. The van der Waals surface area contributed by atoms with Crippen LogP contribution in [0.4, 0.5) is 0 Å². The van der Waals surface area contributed by atoms with E-state index in [4.69, 9.17) is 4.74 Å². The summed E-state index contributed by atoms with van der Waals surface area (Å²) in [6.45, 7) is 8.53. The van der Waals surface area contributed by atoms with Crippen LogP contribution in [0.2, 0.25) is 0 Å². The van der Waals surface area contributed by atoms with Gasteiger partial charge in [0.05, 0.1) is 0 Å². The Morgan fingerprint density at radius 2 is 1.83 bits per heavy atom. The van der Waals surface area contributed by atoms with E-state index in [1.54, 1.807) is 11.8 Å². The Morgan fingerprint density at radius 3 is 2.45 bits per heavy atom. The van der Waals surface area contributed by atoms with Crippen LogP contribution in [-0.4, -0.2) is 35.9 Å². The number of ether oxygens (including phenoxy) is 1. The first-order valence-electron chi connectivity index (χ1n) is 9.83. The summed E-state index contributed by atoms with van der Waals surface area (Å²) < 4.78 is 6.69. The average molecular weight is 461 g/mol. The molecule has 0 spiro atoms. The number of nitrogens with one attached hydrogen (secondary N) is 1. The van der Waals surface area contributed by atoms with E-state index in [1.807, 2.05) is 63.2 Å². The van der Waals surface area contributed by atoms with Gasteiger partial charge in [-0.25, -0.2) is 0 Å². The van der Waals surface area contributed by atoms with E-state index in [9.17, 15) is 9.59 Å². The predicted octanol–water partition coefficient (Wildman–Crippen LogP) is 4.39. The molecule has 29 heavy (non-hydrogen) atoms. The predicted molar refractivity (Wildman–Crippen MR) is 119 cm³/mol. The molecule has 2 amide bonds. The summed E-state index contributed by atoms with van der Waals surface area (Å²) in [5, 5.41) is 2.87. The number of amides is 2. The normalized spacial score (nSPS) is 11.6. The smallest absolute Gasteiger partial charge is 0.261 e. The summed E-state index contributed by atoms with van der Waals surface area (Å²) in [5.41, 5.74) is 3.15. The number of hydrogen-bond acceptors (Lipinski definition) is 3. The number of hydrogen-bond donors (Lipinski definition) is 1. The monoisotopic (exact) mass is 460 g/mol. The second-order valence-corrected chi connectivity index (χ2v) is 8.03. The van der Waals surface area contributed by atoms with Gasteiger partial charge in [0.1, 0.15) is 11.8 Å². The topological polar surface area (TPSA) is 58.6 Å². The molecule has 0 aliphatic rings. The summed E-state index contributed by atoms with van der Waals surface area (Å²) in [7, 11) is 0. The van der Waals surface area contributed by atoms with E-state index < -0.39 is 6.04 Å². The zero-order chi connectivity index (χ0) is 21.4. The Morgan fingerprint density at radius 1 is 1.14 bits per heavy atom. The largest absolute Gasteiger partial charge is 0.484 e. The zero-order valence-electron chi connectivity index (χ0n) is 17.5. The van der Waals surface area contributed by atoms with Crippen LogP contribution in [0.5, 0.6) is 5.75 Å². The first-order valence-corrected chi connectivity index (χ1v) is 10.6. The van der Waals surface area contributed by atoms with Gasteiger partial charge in [-0.05, 0) is 56.5 Å². The Balaban J connectivity index is 2.13. The van der Waals surface area contributed by atoms with Gasteiger partial charge < -0.3 is 15.0 Å². The summed E-state index contributed by atoms with van der Waals surface area (Å²) in [4.78, 5) is 27.0. The fourth-order valence-electron chi connectivity index (χ4n) is 2.80. The van der Waals surface area contributed by atoms with E-state index in [-0.39, 0.29) is 18.4 Å². The number of aryl methyl sites for hydroxylation is 2. The molecule has 0 fully saturated rings. The number of nitrogens with zero attached hydrogens (tertiary/aromatic N) is 1. The Bertz CT molecular complexity index is 837. The molecule has 156 valence electrons. The van der Waals surface area contributed by atoms with Crippen LogP contribution in [-0.2, 0) is 16.1 Å². The van der Waals surface area contributed by atoms with Crippen LogP contribution < -0.4 is 10.1 Å². The molecule has 1 unspecified atom stereocenters. The molecule has 0 saturated carbocycles. The minimum absolute atomic E-state index is 0.127. The highest BCUT2D eigenvalue weighted by atomic mass is 79.9. The lowest BCUT2D eigenvalue weighted by Gasteiger charge is -2.28. The van der Waals surface area contributed by atoms with Gasteiger partial charge in [0.2, 0.25) is 5.91 Å². The SMILES string of the molecule is CCCNC(=O)C(C)N(Cc1ccc(C)cc1)C(=O)COc1ccc(Br)c(C)c1. The standard InChI is InChI=1S/C23H29BrN2O3/c1-5-12-25-23(28)18(4)26(14-19-8-6-16(2)7-9-19)22(27)15-29-20-10-11-21(24)17(3)13-20/h6-11,13,18H,5,12,14-15H2,1-4H3,(H,25,28). The van der Waals surface area contributed by atoms with E-state index in [0.717, 1.165) is 27.6 Å². The molecule has 2 aromatic carbocycles. The molecule has 0 saturated heterocycles. The number of carbonyl (C=O) groups excluding carboxylic acids is 2. The van der Waals surface area contributed by atoms with Gasteiger partial charge in [0.25, 0.3) is 5.91 Å². The Kier molecular flexibility index (Phi) is 8.70. The molecule has 1 N–H and O–H groups in total. The van der Waals surface area contributed by atoms with Crippen LogP contribution in [0.15, 0.2) is 46.9 Å². The molecule has 0 aliphatic heterocycles. The first-order chi connectivity index (χ1) is 13.8. The minimum Gasteiger partial charge on any atom is -0.484 e. The van der Waals surface area contributed by atoms with Crippen molar-refractivity contribution < 1.29 is 14.3 Å². The van der Waals surface area contributed by atoms with Crippen molar-refractivity contribution in [1.82, 2.24) is 10.2 Å². The molecule has 0 bridgehead atoms. The van der Waals surface area contributed by atoms with Crippen LogP contribution in [0, 0.1) is 13.8 Å². The Labute approximate surface area is 181 Å². The summed E-state index contributed by atoms with van der Waals surface area (Å²) in [6, 6.07) is 12.9. The fourth-order valence-corrected chi connectivity index (χ4v) is 3.05. The highest BCUT2D eigenvalue weighted by Gasteiger charge is 2.26. The van der Waals surface area contributed by atoms with Gasteiger partial charge in [0.15, 0.2) is 6.61 Å². The second kappa shape index (κ2) is 11.0. The van der Waals surface area contributed by atoms with E-state index in [2.05, 4.69) is 21.2 Å². The molecule has 0 heterocycles. The molecule has 5 nitrogen and oxygen atoms in total. The molecule has 2 aromatic rings. The van der Waals surface area contributed by atoms with E-state index in [0.29, 0.717) is 18.8 Å². The average Bonchev–Trinajstić information content (AvgIpc) is 2.71. The van der Waals surface area contributed by atoms with E-state index >= 15 is 0 Å². The second-order valence-electron chi connectivity index (χ2n) is 7.17. The van der Waals surface area contributed by atoms with Crippen molar-refractivity contribution in [2.75, 3.05) is 13.2 Å². The third kappa shape index (κ3) is 6.89. The molecular weight excluding hydrogens is 432 g/mol.